The summed E-state index contributed by atoms with van der Waals surface area (Å²) in [6, 6.07) is 8.97. The van der Waals surface area contributed by atoms with Crippen LogP contribution in [-0.2, 0) is 19.8 Å². The van der Waals surface area contributed by atoms with Gasteiger partial charge in [0.15, 0.2) is 0 Å². The van der Waals surface area contributed by atoms with Crippen LogP contribution in [0.15, 0.2) is 30.3 Å². The van der Waals surface area contributed by atoms with Crippen molar-refractivity contribution in [3.63, 3.8) is 0 Å². The Kier molecular flexibility index (Phi) is 4.24. The molecule has 2 saturated heterocycles. The summed E-state index contributed by atoms with van der Waals surface area (Å²) in [7, 11) is 0. The first-order valence-corrected chi connectivity index (χ1v) is 9.72. The molecule has 1 aromatic rings. The molecular formula is C21H26N2O4. The van der Waals surface area contributed by atoms with Gasteiger partial charge in [0, 0.05) is 26.6 Å². The molecule has 3 fully saturated rings. The van der Waals surface area contributed by atoms with Crippen LogP contribution in [0.5, 0.6) is 0 Å². The molecule has 1 spiro atoms. The predicted molar refractivity (Wildman–Crippen MR) is 99.0 cm³/mol. The van der Waals surface area contributed by atoms with Crippen LogP contribution < -0.4 is 0 Å². The molecule has 1 atom stereocenters. The van der Waals surface area contributed by atoms with E-state index in [2.05, 4.69) is 0 Å². The van der Waals surface area contributed by atoms with Crippen molar-refractivity contribution in [2.24, 2.45) is 5.41 Å². The molecule has 2 heterocycles. The monoisotopic (exact) mass is 370 g/mol. The van der Waals surface area contributed by atoms with Crippen LogP contribution in [0.25, 0.3) is 0 Å². The van der Waals surface area contributed by atoms with E-state index in [1.165, 1.54) is 0 Å². The predicted octanol–water partition coefficient (Wildman–Crippen LogP) is 2.03. The number of hydrogen-bond donors (Lipinski definition) is 1. The first-order valence-electron chi connectivity index (χ1n) is 9.72. The third-order valence-electron chi connectivity index (χ3n) is 6.81. The van der Waals surface area contributed by atoms with Crippen LogP contribution in [0.4, 0.5) is 0 Å². The number of carboxylic acid groups (broad SMARTS) is 1. The second-order valence-electron chi connectivity index (χ2n) is 8.45. The molecule has 0 aromatic heterocycles. The Hall–Kier alpha value is -2.37. The topological polar surface area (TPSA) is 77.9 Å². The molecule has 0 radical (unpaired) electrons. The number of likely N-dealkylation sites (tertiary alicyclic amines) is 2. The van der Waals surface area contributed by atoms with Gasteiger partial charge in [0.2, 0.25) is 11.8 Å². The maximum Gasteiger partial charge on any atom is 0.326 e. The molecule has 27 heavy (non-hydrogen) atoms. The molecular weight excluding hydrogens is 344 g/mol. The third kappa shape index (κ3) is 3.01. The average Bonchev–Trinajstić information content (AvgIpc) is 3.39. The Balaban J connectivity index is 1.56. The standard InChI is InChI=1S/C21H26N2O4/c1-15(24)22-11-9-20(10-12-22)13-17(18(25)26)23(14-20)19(27)21(7-8-21)16-5-3-2-4-6-16/h2-6,17H,7-14H2,1H3,(H,25,26)/t17-/m1/s1. The Labute approximate surface area is 159 Å². The van der Waals surface area contributed by atoms with Gasteiger partial charge in [-0.15, -0.1) is 0 Å². The molecule has 4 rings (SSSR count). The highest BCUT2D eigenvalue weighted by molar-refractivity contribution is 5.94. The molecule has 1 aliphatic carbocycles. The Morgan fingerprint density at radius 1 is 1.04 bits per heavy atom. The van der Waals surface area contributed by atoms with E-state index in [4.69, 9.17) is 0 Å². The van der Waals surface area contributed by atoms with Gasteiger partial charge in [-0.05, 0) is 43.1 Å². The van der Waals surface area contributed by atoms with Gasteiger partial charge in [-0.1, -0.05) is 30.3 Å². The lowest BCUT2D eigenvalue weighted by Gasteiger charge is -2.39. The van der Waals surface area contributed by atoms with E-state index in [1.54, 1.807) is 11.8 Å². The van der Waals surface area contributed by atoms with Crippen LogP contribution in [0.3, 0.4) is 0 Å². The number of carbonyl (C=O) groups excluding carboxylic acids is 2. The van der Waals surface area contributed by atoms with Crippen LogP contribution in [-0.4, -0.2) is 58.4 Å². The van der Waals surface area contributed by atoms with E-state index in [0.29, 0.717) is 26.1 Å². The maximum atomic E-state index is 13.4. The summed E-state index contributed by atoms with van der Waals surface area (Å²) in [4.78, 5) is 40.4. The molecule has 3 aliphatic rings. The minimum absolute atomic E-state index is 0.0352. The van der Waals surface area contributed by atoms with Crippen LogP contribution >= 0.6 is 0 Å². The van der Waals surface area contributed by atoms with Gasteiger partial charge in [0.25, 0.3) is 0 Å². The maximum absolute atomic E-state index is 13.4. The minimum atomic E-state index is -0.918. The fourth-order valence-electron chi connectivity index (χ4n) is 4.93. The van der Waals surface area contributed by atoms with Crippen molar-refractivity contribution in [1.82, 2.24) is 9.80 Å². The minimum Gasteiger partial charge on any atom is -0.480 e. The number of rotatable bonds is 3. The van der Waals surface area contributed by atoms with Crippen molar-refractivity contribution in [2.45, 2.75) is 50.5 Å². The lowest BCUT2D eigenvalue weighted by atomic mass is 9.76. The van der Waals surface area contributed by atoms with E-state index in [0.717, 1.165) is 31.2 Å². The van der Waals surface area contributed by atoms with Crippen molar-refractivity contribution in [2.75, 3.05) is 19.6 Å². The number of carbonyl (C=O) groups is 3. The summed E-state index contributed by atoms with van der Waals surface area (Å²) in [5.41, 5.74) is 0.268. The summed E-state index contributed by atoms with van der Waals surface area (Å²) in [6.07, 6.45) is 3.58. The number of piperidine rings is 1. The lowest BCUT2D eigenvalue weighted by molar-refractivity contribution is -0.149. The molecule has 1 saturated carbocycles. The number of carboxylic acids is 1. The van der Waals surface area contributed by atoms with E-state index in [1.807, 2.05) is 35.2 Å². The smallest absolute Gasteiger partial charge is 0.326 e. The second kappa shape index (κ2) is 6.36. The largest absolute Gasteiger partial charge is 0.480 e. The number of amides is 2. The number of benzene rings is 1. The Morgan fingerprint density at radius 3 is 2.19 bits per heavy atom. The molecule has 2 aliphatic heterocycles. The summed E-state index contributed by atoms with van der Waals surface area (Å²) in [6.45, 7) is 3.35. The van der Waals surface area contributed by atoms with Crippen molar-refractivity contribution in [1.29, 1.82) is 0 Å². The average molecular weight is 370 g/mol. The Bertz CT molecular complexity index is 764. The molecule has 0 unspecified atom stereocenters. The SMILES string of the molecule is CC(=O)N1CCC2(CC1)C[C@H](C(=O)O)N(C(=O)C1(c3ccccc3)CC1)C2. The van der Waals surface area contributed by atoms with Gasteiger partial charge in [-0.2, -0.15) is 0 Å². The molecule has 6 heteroatoms. The zero-order chi connectivity index (χ0) is 19.2. The van der Waals surface area contributed by atoms with E-state index in [-0.39, 0.29) is 17.2 Å². The van der Waals surface area contributed by atoms with Crippen molar-refractivity contribution >= 4 is 17.8 Å². The summed E-state index contributed by atoms with van der Waals surface area (Å²) in [5, 5.41) is 9.79. The number of hydrogen-bond acceptors (Lipinski definition) is 3. The molecule has 6 nitrogen and oxygen atoms in total. The highest BCUT2D eigenvalue weighted by Gasteiger charge is 2.58. The van der Waals surface area contributed by atoms with Crippen LogP contribution in [0.2, 0.25) is 0 Å². The van der Waals surface area contributed by atoms with Crippen molar-refractivity contribution in [3.8, 4) is 0 Å². The molecule has 1 N–H and O–H groups in total. The quantitative estimate of drug-likeness (QED) is 0.883. The molecule has 144 valence electrons. The second-order valence-corrected chi connectivity index (χ2v) is 8.45. The van der Waals surface area contributed by atoms with Crippen molar-refractivity contribution < 1.29 is 19.5 Å². The highest BCUT2D eigenvalue weighted by atomic mass is 16.4. The molecule has 2 amide bonds. The van der Waals surface area contributed by atoms with E-state index >= 15 is 0 Å². The number of nitrogens with zero attached hydrogens (tertiary/aromatic N) is 2. The number of aliphatic carboxylic acids is 1. The van der Waals surface area contributed by atoms with Crippen LogP contribution in [0, 0.1) is 5.41 Å². The van der Waals surface area contributed by atoms with E-state index in [9.17, 15) is 19.5 Å². The van der Waals surface area contributed by atoms with Crippen LogP contribution in [0.1, 0.15) is 44.6 Å². The first kappa shape index (κ1) is 18.0. The van der Waals surface area contributed by atoms with E-state index < -0.39 is 17.4 Å². The summed E-state index contributed by atoms with van der Waals surface area (Å²) in [5.74, 6) is -0.892. The summed E-state index contributed by atoms with van der Waals surface area (Å²) >= 11 is 0. The third-order valence-corrected chi connectivity index (χ3v) is 6.81. The van der Waals surface area contributed by atoms with Gasteiger partial charge >= 0.3 is 5.97 Å². The van der Waals surface area contributed by atoms with Gasteiger partial charge in [0.1, 0.15) is 6.04 Å². The van der Waals surface area contributed by atoms with Crippen molar-refractivity contribution in [3.05, 3.63) is 35.9 Å². The summed E-state index contributed by atoms with van der Waals surface area (Å²) < 4.78 is 0. The fraction of sp³-hybridized carbons (Fsp3) is 0.571. The first-order chi connectivity index (χ1) is 12.9. The molecule has 0 bridgehead atoms. The normalized spacial score (nSPS) is 25.4. The lowest BCUT2D eigenvalue weighted by Crippen LogP contribution is -2.47. The van der Waals surface area contributed by atoms with Gasteiger partial charge in [-0.3, -0.25) is 9.59 Å². The highest BCUT2D eigenvalue weighted by Crippen LogP contribution is 2.52. The molecule has 1 aromatic carbocycles. The Morgan fingerprint density at radius 2 is 1.67 bits per heavy atom. The fourth-order valence-corrected chi connectivity index (χ4v) is 4.93. The zero-order valence-corrected chi connectivity index (χ0v) is 15.7. The van der Waals surface area contributed by atoms with Gasteiger partial charge in [0.05, 0.1) is 5.41 Å². The van der Waals surface area contributed by atoms with Gasteiger partial charge in [-0.25, -0.2) is 4.79 Å². The zero-order valence-electron chi connectivity index (χ0n) is 15.7. The van der Waals surface area contributed by atoms with Gasteiger partial charge < -0.3 is 14.9 Å².